The van der Waals surface area contributed by atoms with Gasteiger partial charge in [0, 0.05) is 23.1 Å². The van der Waals surface area contributed by atoms with Gasteiger partial charge in [0.15, 0.2) is 12.4 Å². The summed E-state index contributed by atoms with van der Waals surface area (Å²) in [6, 6.07) is 10.6. The van der Waals surface area contributed by atoms with Crippen molar-refractivity contribution in [1.82, 2.24) is 4.31 Å². The first-order valence-corrected chi connectivity index (χ1v) is 11.1. The molecule has 9 heteroatoms. The second-order valence-electron chi connectivity index (χ2n) is 5.96. The number of rotatable bonds is 9. The molecule has 0 aliphatic heterocycles. The van der Waals surface area contributed by atoms with E-state index in [0.717, 1.165) is 4.47 Å². The van der Waals surface area contributed by atoms with Crippen LogP contribution in [-0.2, 0) is 14.8 Å². The molecule has 0 heterocycles. The Bertz CT molecular complexity index is 985. The maximum absolute atomic E-state index is 12.9. The Morgan fingerprint density at radius 1 is 1.00 bits per heavy atom. The van der Waals surface area contributed by atoms with Crippen LogP contribution in [-0.4, -0.2) is 51.3 Å². The van der Waals surface area contributed by atoms with Gasteiger partial charge in [0.25, 0.3) is 0 Å². The lowest BCUT2D eigenvalue weighted by molar-refractivity contribution is 0.0474. The average molecular weight is 484 g/mol. The summed E-state index contributed by atoms with van der Waals surface area (Å²) in [5, 5.41) is 0. The fourth-order valence-corrected chi connectivity index (χ4v) is 4.55. The number of nitrogens with zero attached hydrogens (tertiary/aromatic N) is 1. The Labute approximate surface area is 178 Å². The molecule has 0 spiro atoms. The first kappa shape index (κ1) is 23.1. The summed E-state index contributed by atoms with van der Waals surface area (Å²) < 4.78 is 38.0. The number of hydrogen-bond acceptors (Lipinski definition) is 6. The summed E-state index contributed by atoms with van der Waals surface area (Å²) in [6.07, 6.45) is 0. The molecule has 0 N–H and O–H groups in total. The lowest BCUT2D eigenvalue weighted by Crippen LogP contribution is -2.31. The third kappa shape index (κ3) is 5.43. The molecule has 0 saturated carbocycles. The summed E-state index contributed by atoms with van der Waals surface area (Å²) in [5.41, 5.74) is 0.417. The number of benzene rings is 2. The second kappa shape index (κ2) is 10.00. The van der Waals surface area contributed by atoms with Crippen LogP contribution in [0.2, 0.25) is 0 Å². The molecule has 7 nitrogen and oxygen atoms in total. The van der Waals surface area contributed by atoms with Crippen molar-refractivity contribution in [2.45, 2.75) is 18.7 Å². The van der Waals surface area contributed by atoms with Crippen LogP contribution in [0.3, 0.4) is 0 Å². The molecule has 0 saturated heterocycles. The third-order valence-corrected chi connectivity index (χ3v) is 6.82. The number of carbonyl (C=O) groups excluding carboxylic acids is 2. The van der Waals surface area contributed by atoms with Gasteiger partial charge in [-0.25, -0.2) is 13.2 Å². The van der Waals surface area contributed by atoms with Gasteiger partial charge < -0.3 is 9.47 Å². The quantitative estimate of drug-likeness (QED) is 0.400. The maximum atomic E-state index is 12.9. The number of ketones is 1. The van der Waals surface area contributed by atoms with E-state index >= 15 is 0 Å². The van der Waals surface area contributed by atoms with Gasteiger partial charge in [-0.3, -0.25) is 4.79 Å². The molecule has 156 valence electrons. The van der Waals surface area contributed by atoms with E-state index in [0.29, 0.717) is 5.56 Å². The van der Waals surface area contributed by atoms with Crippen molar-refractivity contribution in [3.8, 4) is 5.75 Å². The van der Waals surface area contributed by atoms with Gasteiger partial charge in [-0.1, -0.05) is 41.9 Å². The molecule has 2 rings (SSSR count). The largest absolute Gasteiger partial charge is 0.495 e. The van der Waals surface area contributed by atoms with Gasteiger partial charge in [-0.05, 0) is 30.3 Å². The highest BCUT2D eigenvalue weighted by Gasteiger charge is 2.27. The van der Waals surface area contributed by atoms with Crippen molar-refractivity contribution in [3.05, 3.63) is 58.1 Å². The van der Waals surface area contributed by atoms with Crippen LogP contribution in [0.5, 0.6) is 5.75 Å². The summed E-state index contributed by atoms with van der Waals surface area (Å²) in [4.78, 5) is 24.4. The van der Waals surface area contributed by atoms with Crippen molar-refractivity contribution in [2.24, 2.45) is 0 Å². The molecule has 2 aromatic rings. The van der Waals surface area contributed by atoms with Gasteiger partial charge in [-0.15, -0.1) is 0 Å². The lowest BCUT2D eigenvalue weighted by Gasteiger charge is -2.20. The molecule has 29 heavy (non-hydrogen) atoms. The van der Waals surface area contributed by atoms with Crippen LogP contribution in [0.4, 0.5) is 0 Å². The summed E-state index contributed by atoms with van der Waals surface area (Å²) in [7, 11) is -2.50. The Kier molecular flexibility index (Phi) is 7.95. The van der Waals surface area contributed by atoms with Gasteiger partial charge >= 0.3 is 5.97 Å². The monoisotopic (exact) mass is 483 g/mol. The predicted molar refractivity (Wildman–Crippen MR) is 112 cm³/mol. The van der Waals surface area contributed by atoms with Crippen LogP contribution in [0.1, 0.15) is 34.6 Å². The van der Waals surface area contributed by atoms with E-state index in [1.165, 1.54) is 29.6 Å². The summed E-state index contributed by atoms with van der Waals surface area (Å²) in [5.74, 6) is -1.04. The molecule has 0 aliphatic rings. The standard InChI is InChI=1S/C20H22BrNO6S/c1-4-22(5-2)29(25,26)19-12-15(8-11-18(19)27-3)20(24)28-13-17(23)14-6-9-16(21)10-7-14/h6-12H,4-5,13H2,1-3H3. The van der Waals surface area contributed by atoms with E-state index in [-0.39, 0.29) is 35.1 Å². The van der Waals surface area contributed by atoms with E-state index in [1.807, 2.05) is 0 Å². The number of esters is 1. The first-order chi connectivity index (χ1) is 13.7. The average Bonchev–Trinajstić information content (AvgIpc) is 2.72. The first-order valence-electron chi connectivity index (χ1n) is 8.88. The molecular formula is C20H22BrNO6S. The zero-order valence-corrected chi connectivity index (χ0v) is 18.7. The van der Waals surface area contributed by atoms with E-state index in [4.69, 9.17) is 9.47 Å². The van der Waals surface area contributed by atoms with Crippen molar-refractivity contribution >= 4 is 37.7 Å². The van der Waals surface area contributed by atoms with Crippen molar-refractivity contribution < 1.29 is 27.5 Å². The normalized spacial score (nSPS) is 11.3. The smallest absolute Gasteiger partial charge is 0.338 e. The molecule has 0 unspecified atom stereocenters. The van der Waals surface area contributed by atoms with E-state index in [9.17, 15) is 18.0 Å². The molecule has 0 atom stereocenters. The zero-order chi connectivity index (χ0) is 21.6. The number of halogens is 1. The Morgan fingerprint density at radius 3 is 2.14 bits per heavy atom. The second-order valence-corrected chi connectivity index (χ2v) is 8.78. The van der Waals surface area contributed by atoms with Crippen LogP contribution in [0, 0.1) is 0 Å². The molecule has 0 aliphatic carbocycles. The predicted octanol–water partition coefficient (Wildman–Crippen LogP) is 3.53. The van der Waals surface area contributed by atoms with Crippen LogP contribution < -0.4 is 4.74 Å². The maximum Gasteiger partial charge on any atom is 0.338 e. The fraction of sp³-hybridized carbons (Fsp3) is 0.300. The highest BCUT2D eigenvalue weighted by Crippen LogP contribution is 2.28. The van der Waals surface area contributed by atoms with Gasteiger partial charge in [0.05, 0.1) is 12.7 Å². The molecule has 0 amide bonds. The van der Waals surface area contributed by atoms with Gasteiger partial charge in [0.2, 0.25) is 10.0 Å². The van der Waals surface area contributed by atoms with Crippen molar-refractivity contribution in [2.75, 3.05) is 26.8 Å². The number of methoxy groups -OCH3 is 1. The Balaban J connectivity index is 2.23. The van der Waals surface area contributed by atoms with Crippen LogP contribution in [0.15, 0.2) is 51.8 Å². The van der Waals surface area contributed by atoms with E-state index in [1.54, 1.807) is 38.1 Å². The fourth-order valence-electron chi connectivity index (χ4n) is 2.64. The van der Waals surface area contributed by atoms with Crippen LogP contribution in [0.25, 0.3) is 0 Å². The van der Waals surface area contributed by atoms with E-state index in [2.05, 4.69) is 15.9 Å². The molecule has 0 bridgehead atoms. The van der Waals surface area contributed by atoms with Crippen LogP contribution >= 0.6 is 15.9 Å². The topological polar surface area (TPSA) is 90.0 Å². The molecular weight excluding hydrogens is 462 g/mol. The number of ether oxygens (including phenoxy) is 2. The molecule has 0 fully saturated rings. The number of hydrogen-bond donors (Lipinski definition) is 0. The third-order valence-electron chi connectivity index (χ3n) is 4.22. The summed E-state index contributed by atoms with van der Waals surface area (Å²) in [6.45, 7) is 3.54. The minimum Gasteiger partial charge on any atom is -0.495 e. The summed E-state index contributed by atoms with van der Waals surface area (Å²) >= 11 is 3.28. The minimum absolute atomic E-state index is 0.0140. The van der Waals surface area contributed by atoms with Gasteiger partial charge in [-0.2, -0.15) is 4.31 Å². The zero-order valence-electron chi connectivity index (χ0n) is 16.3. The SMILES string of the molecule is CCN(CC)S(=O)(=O)c1cc(C(=O)OCC(=O)c2ccc(Br)cc2)ccc1OC. The van der Waals surface area contributed by atoms with Crippen molar-refractivity contribution in [1.29, 1.82) is 0 Å². The minimum atomic E-state index is -3.85. The molecule has 0 radical (unpaired) electrons. The number of carbonyl (C=O) groups is 2. The molecule has 2 aromatic carbocycles. The lowest BCUT2D eigenvalue weighted by atomic mass is 10.1. The Hall–Kier alpha value is -2.23. The molecule has 0 aromatic heterocycles. The number of Topliss-reactive ketones (excluding diaryl/α,β-unsaturated/α-hetero) is 1. The van der Waals surface area contributed by atoms with Gasteiger partial charge in [0.1, 0.15) is 10.6 Å². The van der Waals surface area contributed by atoms with E-state index < -0.39 is 22.6 Å². The Morgan fingerprint density at radius 2 is 1.59 bits per heavy atom. The number of sulfonamides is 1. The van der Waals surface area contributed by atoms with Crippen molar-refractivity contribution in [3.63, 3.8) is 0 Å². The highest BCUT2D eigenvalue weighted by molar-refractivity contribution is 9.10. The highest BCUT2D eigenvalue weighted by atomic mass is 79.9.